The van der Waals surface area contributed by atoms with E-state index in [2.05, 4.69) is 5.32 Å². The molecule has 236 valence electrons. The predicted octanol–water partition coefficient (Wildman–Crippen LogP) is 6.54. The first kappa shape index (κ1) is 33.7. The standard InChI is InChI=1S/C35H37ClFN3O4S/c1-3-4-21-38-35(42)33(22-27-11-7-5-8-12-27)39(24-28-16-18-29(37)19-17-28)34(41)25-40(30-20-15-26(2)32(36)23-30)45(43,44)31-13-9-6-10-14-31/h5-20,23,33H,3-4,21-22,24-25H2,1-2H3,(H,38,42)/t33-/m0/s1. The molecule has 2 amide bonds. The van der Waals surface area contributed by atoms with E-state index in [0.717, 1.165) is 28.3 Å². The van der Waals surface area contributed by atoms with Gasteiger partial charge in [0, 0.05) is 24.5 Å². The lowest BCUT2D eigenvalue weighted by Crippen LogP contribution is -2.53. The summed E-state index contributed by atoms with van der Waals surface area (Å²) >= 11 is 6.42. The topological polar surface area (TPSA) is 86.8 Å². The highest BCUT2D eigenvalue weighted by Gasteiger charge is 2.34. The normalized spacial score (nSPS) is 11.9. The minimum Gasteiger partial charge on any atom is -0.354 e. The Labute approximate surface area is 269 Å². The molecule has 0 aromatic heterocycles. The van der Waals surface area contributed by atoms with Crippen molar-refractivity contribution in [3.63, 3.8) is 0 Å². The number of hydrogen-bond acceptors (Lipinski definition) is 4. The summed E-state index contributed by atoms with van der Waals surface area (Å²) in [6.45, 7) is 3.58. The minimum atomic E-state index is -4.24. The van der Waals surface area contributed by atoms with Gasteiger partial charge in [-0.25, -0.2) is 12.8 Å². The Bertz CT molecular complexity index is 1690. The fraction of sp³-hybridized carbons (Fsp3) is 0.257. The van der Waals surface area contributed by atoms with Crippen LogP contribution in [-0.2, 0) is 32.6 Å². The van der Waals surface area contributed by atoms with Crippen LogP contribution in [0.25, 0.3) is 0 Å². The Morgan fingerprint density at radius 3 is 2.16 bits per heavy atom. The van der Waals surface area contributed by atoms with Crippen LogP contribution in [0.3, 0.4) is 0 Å². The lowest BCUT2D eigenvalue weighted by Gasteiger charge is -2.34. The zero-order valence-electron chi connectivity index (χ0n) is 25.3. The van der Waals surface area contributed by atoms with Crippen molar-refractivity contribution in [1.29, 1.82) is 0 Å². The van der Waals surface area contributed by atoms with Crippen molar-refractivity contribution in [2.75, 3.05) is 17.4 Å². The van der Waals surface area contributed by atoms with Crippen molar-refractivity contribution >= 4 is 39.1 Å². The molecule has 0 aliphatic carbocycles. The van der Waals surface area contributed by atoms with E-state index in [1.165, 1.54) is 35.2 Å². The third-order valence-electron chi connectivity index (χ3n) is 7.42. The molecule has 4 aromatic carbocycles. The third-order valence-corrected chi connectivity index (χ3v) is 9.62. The first-order valence-corrected chi connectivity index (χ1v) is 16.6. The Balaban J connectivity index is 1.79. The number of hydrogen-bond donors (Lipinski definition) is 1. The largest absolute Gasteiger partial charge is 0.354 e. The second-order valence-electron chi connectivity index (χ2n) is 10.8. The molecule has 0 unspecified atom stereocenters. The summed E-state index contributed by atoms with van der Waals surface area (Å²) in [5.41, 5.74) is 2.36. The number of unbranched alkanes of at least 4 members (excludes halogenated alkanes) is 1. The average molecular weight is 650 g/mol. The highest BCUT2D eigenvalue weighted by molar-refractivity contribution is 7.92. The number of benzene rings is 4. The molecule has 1 atom stereocenters. The molecule has 0 saturated carbocycles. The number of amides is 2. The number of halogens is 2. The quantitative estimate of drug-likeness (QED) is 0.157. The number of anilines is 1. The molecule has 10 heteroatoms. The maximum atomic E-state index is 14.4. The van der Waals surface area contributed by atoms with Gasteiger partial charge in [-0.3, -0.25) is 13.9 Å². The number of nitrogens with zero attached hydrogens (tertiary/aromatic N) is 2. The second kappa shape index (κ2) is 15.7. The molecule has 7 nitrogen and oxygen atoms in total. The van der Waals surface area contributed by atoms with Gasteiger partial charge in [0.1, 0.15) is 18.4 Å². The van der Waals surface area contributed by atoms with Crippen LogP contribution in [0.4, 0.5) is 10.1 Å². The van der Waals surface area contributed by atoms with Crippen molar-refractivity contribution < 1.29 is 22.4 Å². The smallest absolute Gasteiger partial charge is 0.264 e. The Morgan fingerprint density at radius 2 is 1.53 bits per heavy atom. The molecular formula is C35H37ClFN3O4S. The number of aryl methyl sites for hydroxylation is 1. The molecule has 1 N–H and O–H groups in total. The van der Waals surface area contributed by atoms with Crippen LogP contribution in [0, 0.1) is 12.7 Å². The van der Waals surface area contributed by atoms with Crippen LogP contribution < -0.4 is 9.62 Å². The zero-order valence-corrected chi connectivity index (χ0v) is 26.9. The molecule has 45 heavy (non-hydrogen) atoms. The number of carbonyl (C=O) groups excluding carboxylic acids is 2. The molecule has 0 bridgehead atoms. The average Bonchev–Trinajstić information content (AvgIpc) is 3.04. The third kappa shape index (κ3) is 8.93. The first-order valence-electron chi connectivity index (χ1n) is 14.8. The van der Waals surface area contributed by atoms with Gasteiger partial charge in [-0.2, -0.15) is 0 Å². The molecule has 0 radical (unpaired) electrons. The van der Waals surface area contributed by atoms with Gasteiger partial charge in [0.2, 0.25) is 11.8 Å². The van der Waals surface area contributed by atoms with Gasteiger partial charge in [0.15, 0.2) is 0 Å². The molecule has 0 heterocycles. The monoisotopic (exact) mass is 649 g/mol. The van der Waals surface area contributed by atoms with Gasteiger partial charge in [-0.1, -0.05) is 91.7 Å². The van der Waals surface area contributed by atoms with Gasteiger partial charge in [-0.05, 0) is 66.4 Å². The Hall–Kier alpha value is -4.21. The summed E-state index contributed by atoms with van der Waals surface area (Å²) < 4.78 is 42.9. The fourth-order valence-electron chi connectivity index (χ4n) is 4.83. The maximum Gasteiger partial charge on any atom is 0.264 e. The van der Waals surface area contributed by atoms with Gasteiger partial charge < -0.3 is 10.2 Å². The highest BCUT2D eigenvalue weighted by atomic mass is 35.5. The number of nitrogens with one attached hydrogen (secondary N) is 1. The van der Waals surface area contributed by atoms with Crippen LogP contribution in [0.1, 0.15) is 36.5 Å². The molecule has 0 aliphatic rings. The number of carbonyl (C=O) groups is 2. The molecular weight excluding hydrogens is 613 g/mol. The Kier molecular flexibility index (Phi) is 11.7. The van der Waals surface area contributed by atoms with E-state index < -0.39 is 34.3 Å². The number of sulfonamides is 1. The van der Waals surface area contributed by atoms with Gasteiger partial charge in [0.25, 0.3) is 10.0 Å². The molecule has 0 aliphatic heterocycles. The van der Waals surface area contributed by atoms with E-state index in [1.807, 2.05) is 37.3 Å². The van der Waals surface area contributed by atoms with Gasteiger partial charge >= 0.3 is 0 Å². The molecule has 0 fully saturated rings. The van der Waals surface area contributed by atoms with Crippen molar-refractivity contribution in [1.82, 2.24) is 10.2 Å². The summed E-state index contributed by atoms with van der Waals surface area (Å²) in [5, 5.41) is 3.29. The summed E-state index contributed by atoms with van der Waals surface area (Å²) in [6.07, 6.45) is 1.81. The lowest BCUT2D eigenvalue weighted by molar-refractivity contribution is -0.140. The van der Waals surface area contributed by atoms with Crippen LogP contribution in [-0.4, -0.2) is 44.3 Å². The maximum absolute atomic E-state index is 14.4. The van der Waals surface area contributed by atoms with E-state index in [0.29, 0.717) is 17.1 Å². The second-order valence-corrected chi connectivity index (χ2v) is 13.0. The van der Waals surface area contributed by atoms with E-state index in [-0.39, 0.29) is 29.5 Å². The molecule has 0 spiro atoms. The van der Waals surface area contributed by atoms with E-state index in [1.54, 1.807) is 49.4 Å². The van der Waals surface area contributed by atoms with Crippen molar-refractivity contribution in [3.8, 4) is 0 Å². The molecule has 4 rings (SSSR count). The van der Waals surface area contributed by atoms with Crippen LogP contribution in [0.2, 0.25) is 5.02 Å². The van der Waals surface area contributed by atoms with Crippen molar-refractivity contribution in [2.45, 2.75) is 50.6 Å². The van der Waals surface area contributed by atoms with Crippen LogP contribution in [0.15, 0.2) is 108 Å². The van der Waals surface area contributed by atoms with E-state index in [4.69, 9.17) is 11.6 Å². The molecule has 4 aromatic rings. The van der Waals surface area contributed by atoms with E-state index >= 15 is 0 Å². The predicted molar refractivity (Wildman–Crippen MR) is 176 cm³/mol. The van der Waals surface area contributed by atoms with Crippen molar-refractivity contribution in [2.24, 2.45) is 0 Å². The van der Waals surface area contributed by atoms with Crippen LogP contribution >= 0.6 is 11.6 Å². The zero-order chi connectivity index (χ0) is 32.4. The first-order chi connectivity index (χ1) is 21.6. The summed E-state index contributed by atoms with van der Waals surface area (Å²) in [4.78, 5) is 29.6. The number of rotatable bonds is 14. The lowest BCUT2D eigenvalue weighted by atomic mass is 10.0. The van der Waals surface area contributed by atoms with Crippen molar-refractivity contribution in [3.05, 3.63) is 131 Å². The Morgan fingerprint density at radius 1 is 0.889 bits per heavy atom. The summed E-state index contributed by atoms with van der Waals surface area (Å²) in [5.74, 6) is -1.41. The highest BCUT2D eigenvalue weighted by Crippen LogP contribution is 2.29. The van der Waals surface area contributed by atoms with Crippen LogP contribution in [0.5, 0.6) is 0 Å². The van der Waals surface area contributed by atoms with Gasteiger partial charge in [-0.15, -0.1) is 0 Å². The molecule has 0 saturated heterocycles. The van der Waals surface area contributed by atoms with Gasteiger partial charge in [0.05, 0.1) is 10.6 Å². The summed E-state index contributed by atoms with van der Waals surface area (Å²) in [6, 6.07) is 26.6. The SMILES string of the molecule is CCCCNC(=O)[C@H](Cc1ccccc1)N(Cc1ccc(F)cc1)C(=O)CN(c1ccc(C)c(Cl)c1)S(=O)(=O)c1ccccc1. The van der Waals surface area contributed by atoms with E-state index in [9.17, 15) is 22.4 Å². The minimum absolute atomic E-state index is 0.00211. The fourth-order valence-corrected chi connectivity index (χ4v) is 6.43. The summed E-state index contributed by atoms with van der Waals surface area (Å²) in [7, 11) is -4.24.